The van der Waals surface area contributed by atoms with Crippen LogP contribution in [0.3, 0.4) is 0 Å². The Morgan fingerprint density at radius 1 is 0.967 bits per heavy atom. The van der Waals surface area contributed by atoms with Gasteiger partial charge in [0.05, 0.1) is 6.61 Å². The van der Waals surface area contributed by atoms with Gasteiger partial charge in [-0.3, -0.25) is 4.79 Å². The number of hydrogen-bond donors (Lipinski definition) is 1. The lowest BCUT2D eigenvalue weighted by Gasteiger charge is -2.20. The Labute approximate surface area is 179 Å². The quantitative estimate of drug-likeness (QED) is 0.485. The van der Waals surface area contributed by atoms with Gasteiger partial charge in [-0.25, -0.2) is 4.79 Å². The molecule has 0 radical (unpaired) electrons. The number of carbonyl (C=O) groups excluding carboxylic acids is 2. The van der Waals surface area contributed by atoms with E-state index in [1.807, 2.05) is 36.4 Å². The predicted molar refractivity (Wildman–Crippen MR) is 118 cm³/mol. The van der Waals surface area contributed by atoms with E-state index in [-0.39, 0.29) is 24.8 Å². The summed E-state index contributed by atoms with van der Waals surface area (Å²) in [6, 6.07) is 20.3. The maximum atomic E-state index is 12.4. The smallest absolute Gasteiger partial charge is 0.354 e. The van der Waals surface area contributed by atoms with Gasteiger partial charge in [-0.2, -0.15) is 0 Å². The number of ether oxygens (including phenoxy) is 2. The highest BCUT2D eigenvalue weighted by atomic mass is 16.6. The molecule has 2 rings (SSSR count). The minimum Gasteiger partial charge on any atom is -0.461 e. The van der Waals surface area contributed by atoms with Crippen molar-refractivity contribution in [2.24, 2.45) is 0 Å². The molecular weight excluding hydrogens is 378 g/mol. The highest BCUT2D eigenvalue weighted by Gasteiger charge is 2.19. The van der Waals surface area contributed by atoms with Crippen LogP contribution in [0.5, 0.6) is 0 Å². The second-order valence-corrected chi connectivity index (χ2v) is 7.89. The van der Waals surface area contributed by atoms with Crippen molar-refractivity contribution in [3.63, 3.8) is 0 Å². The van der Waals surface area contributed by atoms with E-state index in [4.69, 9.17) is 9.47 Å². The summed E-state index contributed by atoms with van der Waals surface area (Å²) < 4.78 is 10.5. The molecule has 0 heterocycles. The summed E-state index contributed by atoms with van der Waals surface area (Å²) in [7, 11) is 0. The van der Waals surface area contributed by atoms with Crippen molar-refractivity contribution in [1.82, 2.24) is 5.32 Å². The number of hydrogen-bond acceptors (Lipinski definition) is 5. The topological polar surface area (TPSA) is 64.6 Å². The molecule has 0 aliphatic rings. The van der Waals surface area contributed by atoms with Crippen LogP contribution in [0.4, 0.5) is 0 Å². The van der Waals surface area contributed by atoms with E-state index < -0.39 is 17.5 Å². The first-order valence-electron chi connectivity index (χ1n) is 10.2. The Morgan fingerprint density at radius 3 is 1.97 bits per heavy atom. The van der Waals surface area contributed by atoms with Crippen LogP contribution in [0, 0.1) is 0 Å². The van der Waals surface area contributed by atoms with Crippen molar-refractivity contribution in [2.75, 3.05) is 13.2 Å². The van der Waals surface area contributed by atoms with Crippen LogP contribution in [0.1, 0.15) is 51.2 Å². The number of carbonyl (C=O) groups is 2. The summed E-state index contributed by atoms with van der Waals surface area (Å²) in [5.74, 6) is -0.846. The third kappa shape index (κ3) is 7.74. The van der Waals surface area contributed by atoms with Crippen molar-refractivity contribution in [3.05, 3.63) is 83.6 Å². The second kappa shape index (κ2) is 11.2. The standard InChI is InChI=1S/C25H31NO4/c1-5-29-24(28)22(26-18-23(27)30-25(2,3)4)17-16-21(19-12-8-6-9-13-19)20-14-10-7-11-15-20/h6-15,17,21,26H,5,16,18H2,1-4H3/b22-17-. The molecular formula is C25H31NO4. The minimum atomic E-state index is -0.585. The van der Waals surface area contributed by atoms with Gasteiger partial charge >= 0.3 is 11.9 Å². The van der Waals surface area contributed by atoms with Gasteiger partial charge in [-0.05, 0) is 45.2 Å². The first kappa shape index (κ1) is 23.2. The molecule has 1 N–H and O–H groups in total. The zero-order chi connectivity index (χ0) is 22.0. The normalized spacial score (nSPS) is 11.8. The first-order chi connectivity index (χ1) is 14.3. The molecule has 0 bridgehead atoms. The molecule has 0 fully saturated rings. The molecule has 5 heteroatoms. The van der Waals surface area contributed by atoms with Crippen LogP contribution in [-0.2, 0) is 19.1 Å². The van der Waals surface area contributed by atoms with E-state index in [9.17, 15) is 9.59 Å². The lowest BCUT2D eigenvalue weighted by atomic mass is 9.88. The highest BCUT2D eigenvalue weighted by Crippen LogP contribution is 2.28. The average molecular weight is 410 g/mol. The first-order valence-corrected chi connectivity index (χ1v) is 10.2. The lowest BCUT2D eigenvalue weighted by Crippen LogP contribution is -2.33. The van der Waals surface area contributed by atoms with Gasteiger partial charge in [0.15, 0.2) is 0 Å². The summed E-state index contributed by atoms with van der Waals surface area (Å²) in [6.07, 6.45) is 2.37. The van der Waals surface area contributed by atoms with Crippen molar-refractivity contribution < 1.29 is 19.1 Å². The van der Waals surface area contributed by atoms with E-state index in [1.54, 1.807) is 33.8 Å². The van der Waals surface area contributed by atoms with Crippen molar-refractivity contribution >= 4 is 11.9 Å². The molecule has 0 aromatic heterocycles. The summed E-state index contributed by atoms with van der Waals surface area (Å²) >= 11 is 0. The maximum absolute atomic E-state index is 12.4. The molecule has 0 aliphatic heterocycles. The largest absolute Gasteiger partial charge is 0.461 e. The van der Waals surface area contributed by atoms with Crippen molar-refractivity contribution in [3.8, 4) is 0 Å². The molecule has 30 heavy (non-hydrogen) atoms. The number of benzene rings is 2. The predicted octanol–water partition coefficient (Wildman–Crippen LogP) is 4.59. The Morgan fingerprint density at radius 2 is 1.50 bits per heavy atom. The van der Waals surface area contributed by atoms with E-state index in [0.29, 0.717) is 6.42 Å². The third-order valence-corrected chi connectivity index (χ3v) is 4.30. The number of nitrogens with one attached hydrogen (secondary N) is 1. The molecule has 0 aliphatic carbocycles. The average Bonchev–Trinajstić information content (AvgIpc) is 2.71. The fourth-order valence-electron chi connectivity index (χ4n) is 3.05. The summed E-state index contributed by atoms with van der Waals surface area (Å²) in [4.78, 5) is 24.5. The summed E-state index contributed by atoms with van der Waals surface area (Å²) in [5.41, 5.74) is 1.98. The summed E-state index contributed by atoms with van der Waals surface area (Å²) in [5, 5.41) is 2.90. The second-order valence-electron chi connectivity index (χ2n) is 7.89. The number of esters is 2. The zero-order valence-corrected chi connectivity index (χ0v) is 18.2. The molecule has 0 amide bonds. The van der Waals surface area contributed by atoms with E-state index >= 15 is 0 Å². The van der Waals surface area contributed by atoms with Gasteiger partial charge in [0.25, 0.3) is 0 Å². The molecule has 0 saturated heterocycles. The molecule has 0 atom stereocenters. The fraction of sp³-hybridized carbons (Fsp3) is 0.360. The molecule has 0 spiro atoms. The lowest BCUT2D eigenvalue weighted by molar-refractivity contribution is -0.153. The van der Waals surface area contributed by atoms with Crippen LogP contribution in [0.25, 0.3) is 0 Å². The van der Waals surface area contributed by atoms with E-state index in [2.05, 4.69) is 29.6 Å². The van der Waals surface area contributed by atoms with Gasteiger partial charge in [-0.1, -0.05) is 66.7 Å². The van der Waals surface area contributed by atoms with E-state index in [1.165, 1.54) is 0 Å². The van der Waals surface area contributed by atoms with Gasteiger partial charge in [-0.15, -0.1) is 0 Å². The molecule has 5 nitrogen and oxygen atoms in total. The third-order valence-electron chi connectivity index (χ3n) is 4.30. The molecule has 160 valence electrons. The monoisotopic (exact) mass is 409 g/mol. The van der Waals surface area contributed by atoms with Gasteiger partial charge in [0.2, 0.25) is 0 Å². The van der Waals surface area contributed by atoms with Crippen molar-refractivity contribution in [1.29, 1.82) is 0 Å². The highest BCUT2D eigenvalue weighted by molar-refractivity contribution is 5.88. The number of rotatable bonds is 9. The SMILES string of the molecule is CCOC(=O)/C(=C/CC(c1ccccc1)c1ccccc1)NCC(=O)OC(C)(C)C. The van der Waals surface area contributed by atoms with Crippen molar-refractivity contribution in [2.45, 2.75) is 45.6 Å². The Bertz CT molecular complexity index is 799. The molecule has 0 saturated carbocycles. The molecule has 2 aromatic rings. The van der Waals surface area contributed by atoms with Crippen LogP contribution < -0.4 is 5.32 Å². The molecule has 2 aromatic carbocycles. The maximum Gasteiger partial charge on any atom is 0.354 e. The molecule has 0 unspecified atom stereocenters. The Kier molecular flexibility index (Phi) is 8.66. The van der Waals surface area contributed by atoms with Gasteiger partial charge in [0.1, 0.15) is 17.8 Å². The number of allylic oxidation sites excluding steroid dienone is 1. The van der Waals surface area contributed by atoms with Crippen LogP contribution >= 0.6 is 0 Å². The zero-order valence-electron chi connectivity index (χ0n) is 18.2. The fourth-order valence-corrected chi connectivity index (χ4v) is 3.05. The van der Waals surface area contributed by atoms with Crippen LogP contribution in [0.2, 0.25) is 0 Å². The Balaban J connectivity index is 2.22. The minimum absolute atomic E-state index is 0.0696. The van der Waals surface area contributed by atoms with Crippen LogP contribution in [0.15, 0.2) is 72.4 Å². The van der Waals surface area contributed by atoms with Crippen LogP contribution in [-0.4, -0.2) is 30.7 Å². The van der Waals surface area contributed by atoms with Gasteiger partial charge in [0, 0.05) is 5.92 Å². The summed E-state index contributed by atoms with van der Waals surface area (Å²) in [6.45, 7) is 7.31. The Hall–Kier alpha value is -3.08. The van der Waals surface area contributed by atoms with Gasteiger partial charge < -0.3 is 14.8 Å². The van der Waals surface area contributed by atoms with E-state index in [0.717, 1.165) is 11.1 Å².